The summed E-state index contributed by atoms with van der Waals surface area (Å²) in [6.45, 7) is 17.2. The first-order chi connectivity index (χ1) is 14.2. The molecule has 30 heavy (non-hydrogen) atoms. The van der Waals surface area contributed by atoms with E-state index in [1.807, 2.05) is 65.8 Å². The van der Waals surface area contributed by atoms with Crippen LogP contribution in [0.25, 0.3) is 0 Å². The first-order valence-corrected chi connectivity index (χ1v) is 10.9. The molecular formula is C26H40O3V. The second kappa shape index (κ2) is 23.4. The molecule has 0 heterocycles. The molecule has 1 N–H and O–H groups in total. The van der Waals surface area contributed by atoms with Crippen molar-refractivity contribution < 1.29 is 33.2 Å². The Hall–Kier alpha value is -1.84. The molecule has 0 bridgehead atoms. The van der Waals surface area contributed by atoms with Crippen molar-refractivity contribution in [3.8, 4) is 5.75 Å². The van der Waals surface area contributed by atoms with Crippen LogP contribution in [0.4, 0.5) is 0 Å². The first kappa shape index (κ1) is 32.8. The third kappa shape index (κ3) is 13.4. The number of hydrogen-bond acceptors (Lipinski definition) is 2. The van der Waals surface area contributed by atoms with Gasteiger partial charge in [0, 0.05) is 0 Å². The maximum atomic E-state index is 8.24. The summed E-state index contributed by atoms with van der Waals surface area (Å²) in [6, 6.07) is 18.9. The van der Waals surface area contributed by atoms with Crippen LogP contribution in [-0.2, 0) is 23.4 Å². The Kier molecular flexibility index (Phi) is 25.6. The van der Waals surface area contributed by atoms with Crippen LogP contribution in [0.3, 0.4) is 0 Å². The van der Waals surface area contributed by atoms with Gasteiger partial charge in [0.15, 0.2) is 0 Å². The van der Waals surface area contributed by atoms with Gasteiger partial charge in [-0.1, -0.05) is 96.9 Å². The number of benzene rings is 2. The van der Waals surface area contributed by atoms with Crippen LogP contribution in [0.5, 0.6) is 5.75 Å². The van der Waals surface area contributed by atoms with Crippen LogP contribution in [0, 0.1) is 12.8 Å². The van der Waals surface area contributed by atoms with Crippen molar-refractivity contribution in [2.24, 2.45) is 5.92 Å². The van der Waals surface area contributed by atoms with Gasteiger partial charge in [-0.15, -0.1) is 0 Å². The summed E-state index contributed by atoms with van der Waals surface area (Å²) in [7, 11) is 0. The van der Waals surface area contributed by atoms with Crippen LogP contribution in [0.1, 0.15) is 77.8 Å². The van der Waals surface area contributed by atoms with E-state index >= 15 is 0 Å². The van der Waals surface area contributed by atoms with Crippen molar-refractivity contribution in [3.05, 3.63) is 72.6 Å². The summed E-state index contributed by atoms with van der Waals surface area (Å²) in [6.07, 6.45) is 3.87. The summed E-state index contributed by atoms with van der Waals surface area (Å²) in [4.78, 5) is 8.24. The summed E-state index contributed by atoms with van der Waals surface area (Å²) in [5.41, 5.74) is 2.49. The van der Waals surface area contributed by atoms with Crippen molar-refractivity contribution in [2.45, 2.75) is 66.7 Å². The van der Waals surface area contributed by atoms with Gasteiger partial charge in [0.1, 0.15) is 0 Å². The van der Waals surface area contributed by atoms with E-state index in [1.54, 1.807) is 0 Å². The Morgan fingerprint density at radius 1 is 0.933 bits per heavy atom. The molecule has 1 radical (unpaired) electrons. The number of aliphatic hydroxyl groups excluding tert-OH is 1. The maximum Gasteiger partial charge on any atom is 2.00 e. The van der Waals surface area contributed by atoms with Crippen molar-refractivity contribution >= 4 is 6.47 Å². The monoisotopic (exact) mass is 451 g/mol. The van der Waals surface area contributed by atoms with Crippen LogP contribution < -0.4 is 4.74 Å². The van der Waals surface area contributed by atoms with E-state index in [9.17, 15) is 0 Å². The molecule has 0 spiro atoms. The normalized spacial score (nSPS) is 15.5. The molecular weight excluding hydrogens is 411 g/mol. The van der Waals surface area contributed by atoms with Gasteiger partial charge in [-0.05, 0) is 30.2 Å². The standard InChI is InChI=1S/C19H21O.3C2H6.CHO2.V/c1-15-10-12-18(13-11-15)20-14-17-8-5-9-19(17)16-6-3-2-4-7-16;3*1-2;2-1-3;/h2-4,6-7,10-13,17,19H,1,5,8-9,14H2;3*1-2H3;(H,2,3);/q-1;;;;-1;+2. The second-order valence-corrected chi connectivity index (χ2v) is 5.75. The molecule has 0 aromatic heterocycles. The van der Waals surface area contributed by atoms with Crippen molar-refractivity contribution in [2.75, 3.05) is 6.61 Å². The average molecular weight is 452 g/mol. The number of ether oxygens (including phenoxy) is 1. The second-order valence-electron chi connectivity index (χ2n) is 5.75. The Morgan fingerprint density at radius 3 is 1.93 bits per heavy atom. The van der Waals surface area contributed by atoms with Crippen LogP contribution in [0.2, 0.25) is 0 Å². The predicted molar refractivity (Wildman–Crippen MR) is 125 cm³/mol. The molecule has 1 aliphatic carbocycles. The van der Waals surface area contributed by atoms with E-state index in [2.05, 4.69) is 37.3 Å². The SMILES string of the molecule is CC.CC.CC.O=[C-]O.[CH2-]c1ccc(OCC2CCCC2c2ccccc2)cc1.[V+2]. The van der Waals surface area contributed by atoms with Gasteiger partial charge in [-0.25, -0.2) is 0 Å². The summed E-state index contributed by atoms with van der Waals surface area (Å²) in [5.74, 6) is 2.25. The topological polar surface area (TPSA) is 46.5 Å². The molecule has 167 valence electrons. The number of hydrogen-bond donors (Lipinski definition) is 1. The van der Waals surface area contributed by atoms with E-state index in [0.717, 1.165) is 17.9 Å². The molecule has 0 saturated heterocycles. The van der Waals surface area contributed by atoms with E-state index in [1.165, 1.54) is 24.8 Å². The molecule has 1 fully saturated rings. The third-order valence-electron chi connectivity index (χ3n) is 4.27. The minimum Gasteiger partial charge on any atom is -0.665 e. The molecule has 2 unspecified atom stereocenters. The van der Waals surface area contributed by atoms with Crippen LogP contribution in [-0.4, -0.2) is 18.2 Å². The molecule has 3 rings (SSSR count). The smallest absolute Gasteiger partial charge is 0.665 e. The van der Waals surface area contributed by atoms with Gasteiger partial charge in [-0.2, -0.15) is 24.6 Å². The van der Waals surface area contributed by atoms with Crippen LogP contribution >= 0.6 is 0 Å². The number of rotatable bonds is 4. The maximum absolute atomic E-state index is 8.24. The average Bonchev–Trinajstić information content (AvgIpc) is 3.27. The minimum atomic E-state index is 0. The Morgan fingerprint density at radius 2 is 1.43 bits per heavy atom. The fourth-order valence-corrected chi connectivity index (χ4v) is 3.16. The zero-order valence-electron chi connectivity index (χ0n) is 19.6. The van der Waals surface area contributed by atoms with Gasteiger partial charge in [0.05, 0.1) is 12.4 Å². The van der Waals surface area contributed by atoms with Gasteiger partial charge in [-0.3, -0.25) is 0 Å². The molecule has 0 amide bonds. The largest absolute Gasteiger partial charge is 2.00 e. The van der Waals surface area contributed by atoms with Crippen molar-refractivity contribution in [3.63, 3.8) is 0 Å². The molecule has 1 saturated carbocycles. The molecule has 1 aliphatic rings. The Labute approximate surface area is 197 Å². The van der Waals surface area contributed by atoms with Gasteiger partial charge in [0.25, 0.3) is 0 Å². The Balaban J connectivity index is -0.000000643. The Bertz CT molecular complexity index is 585. The van der Waals surface area contributed by atoms with E-state index < -0.39 is 0 Å². The zero-order valence-corrected chi connectivity index (χ0v) is 21.0. The van der Waals surface area contributed by atoms with E-state index in [0.29, 0.717) is 18.3 Å². The zero-order chi connectivity index (χ0) is 22.5. The third-order valence-corrected chi connectivity index (χ3v) is 4.27. The van der Waals surface area contributed by atoms with E-state index in [4.69, 9.17) is 14.6 Å². The van der Waals surface area contributed by atoms with Gasteiger partial charge >= 0.3 is 18.6 Å². The van der Waals surface area contributed by atoms with Crippen molar-refractivity contribution in [1.82, 2.24) is 0 Å². The molecule has 2 aromatic rings. The molecule has 3 nitrogen and oxygen atoms in total. The molecule has 4 heteroatoms. The molecule has 2 aromatic carbocycles. The fourth-order valence-electron chi connectivity index (χ4n) is 3.16. The summed E-state index contributed by atoms with van der Waals surface area (Å²) in [5, 5.41) is 6.76. The molecule has 2 atom stereocenters. The molecule has 0 aliphatic heterocycles. The van der Waals surface area contributed by atoms with E-state index in [-0.39, 0.29) is 18.6 Å². The van der Waals surface area contributed by atoms with Crippen molar-refractivity contribution in [1.29, 1.82) is 0 Å². The fraction of sp³-hybridized carbons (Fsp3) is 0.462. The summed E-state index contributed by atoms with van der Waals surface area (Å²) >= 11 is 0. The first-order valence-electron chi connectivity index (χ1n) is 10.9. The quantitative estimate of drug-likeness (QED) is 0.489. The van der Waals surface area contributed by atoms with Gasteiger partial charge in [0.2, 0.25) is 0 Å². The van der Waals surface area contributed by atoms with Gasteiger partial charge < -0.3 is 14.6 Å². The minimum absolute atomic E-state index is 0. The summed E-state index contributed by atoms with van der Waals surface area (Å²) < 4.78 is 5.97. The predicted octanol–water partition coefficient (Wildman–Crippen LogP) is 7.52. The van der Waals surface area contributed by atoms with Crippen LogP contribution in [0.15, 0.2) is 54.6 Å².